The monoisotopic (exact) mass is 274 g/mol. The number of hydrogen-bond acceptors (Lipinski definition) is 4. The minimum Gasteiger partial charge on any atom is -0.476 e. The Bertz CT molecular complexity index is 615. The zero-order valence-electron chi connectivity index (χ0n) is 8.58. The number of nitrogens with zero attached hydrogens (tertiary/aromatic N) is 1. The first kappa shape index (κ1) is 12.4. The van der Waals surface area contributed by atoms with Gasteiger partial charge in [-0.05, 0) is 0 Å². The maximum absolute atomic E-state index is 13.3. The van der Waals surface area contributed by atoms with E-state index in [1.165, 1.54) is 5.51 Å². The normalized spacial score (nSPS) is 10.4. The Hall–Kier alpha value is -2.09. The van der Waals surface area contributed by atoms with E-state index in [2.05, 4.69) is 10.3 Å². The minimum atomic E-state index is -1.32. The fourth-order valence-electron chi connectivity index (χ4n) is 1.23. The number of halogens is 3. The van der Waals surface area contributed by atoms with Gasteiger partial charge in [0.2, 0.25) is 0 Å². The van der Waals surface area contributed by atoms with Crippen LogP contribution in [0.15, 0.2) is 17.6 Å². The molecule has 4 nitrogen and oxygen atoms in total. The van der Waals surface area contributed by atoms with E-state index in [-0.39, 0.29) is 16.4 Å². The molecule has 0 radical (unpaired) electrons. The summed E-state index contributed by atoms with van der Waals surface area (Å²) >= 11 is 0.906. The van der Waals surface area contributed by atoms with Crippen LogP contribution in [0.5, 0.6) is 0 Å². The van der Waals surface area contributed by atoms with Crippen molar-refractivity contribution < 1.29 is 23.1 Å². The topological polar surface area (TPSA) is 62.2 Å². The largest absolute Gasteiger partial charge is 0.476 e. The van der Waals surface area contributed by atoms with Gasteiger partial charge in [0, 0.05) is 12.1 Å². The van der Waals surface area contributed by atoms with Crippen molar-refractivity contribution in [3.8, 4) is 0 Å². The first-order valence-electron chi connectivity index (χ1n) is 4.57. The lowest BCUT2D eigenvalue weighted by atomic mass is 10.3. The summed E-state index contributed by atoms with van der Waals surface area (Å²) in [7, 11) is 0. The van der Waals surface area contributed by atoms with Gasteiger partial charge in [0.05, 0.1) is 11.2 Å². The molecule has 1 heterocycles. The molecule has 2 rings (SSSR count). The molecule has 2 N–H and O–H groups in total. The summed E-state index contributed by atoms with van der Waals surface area (Å²) < 4.78 is 39.0. The van der Waals surface area contributed by atoms with Crippen molar-refractivity contribution in [2.75, 3.05) is 5.32 Å². The maximum Gasteiger partial charge on any atom is 0.357 e. The summed E-state index contributed by atoms with van der Waals surface area (Å²) in [6, 6.07) is 0.981. The van der Waals surface area contributed by atoms with E-state index in [4.69, 9.17) is 5.11 Å². The molecule has 0 aliphatic heterocycles. The minimum absolute atomic E-state index is 0.0346. The number of nitrogens with one attached hydrogen (secondary N) is 1. The molecular formula is C10H5F3N2O2S. The number of hydrogen-bond donors (Lipinski definition) is 2. The van der Waals surface area contributed by atoms with E-state index in [0.717, 1.165) is 11.3 Å². The summed E-state index contributed by atoms with van der Waals surface area (Å²) in [6.45, 7) is 0. The van der Waals surface area contributed by atoms with Gasteiger partial charge < -0.3 is 10.4 Å². The Balaban J connectivity index is 2.37. The lowest BCUT2D eigenvalue weighted by Gasteiger charge is -2.06. The SMILES string of the molecule is O=C(O)c1ncsc1Nc1cc(F)c(F)cc1F. The van der Waals surface area contributed by atoms with E-state index in [1.807, 2.05) is 0 Å². The fourth-order valence-corrected chi connectivity index (χ4v) is 1.91. The third-order valence-corrected chi connectivity index (χ3v) is 2.77. The van der Waals surface area contributed by atoms with Crippen LogP contribution in [0.1, 0.15) is 10.5 Å². The third kappa shape index (κ3) is 2.28. The molecule has 0 saturated heterocycles. The van der Waals surface area contributed by atoms with Crippen LogP contribution in [-0.4, -0.2) is 16.1 Å². The lowest BCUT2D eigenvalue weighted by molar-refractivity contribution is 0.0692. The smallest absolute Gasteiger partial charge is 0.357 e. The van der Waals surface area contributed by atoms with Crippen LogP contribution in [-0.2, 0) is 0 Å². The Morgan fingerprint density at radius 1 is 1.22 bits per heavy atom. The van der Waals surface area contributed by atoms with Crippen molar-refractivity contribution in [3.05, 3.63) is 40.8 Å². The molecule has 0 bridgehead atoms. The van der Waals surface area contributed by atoms with Crippen molar-refractivity contribution in [1.29, 1.82) is 0 Å². The van der Waals surface area contributed by atoms with E-state index in [1.54, 1.807) is 0 Å². The van der Waals surface area contributed by atoms with Crippen molar-refractivity contribution >= 4 is 28.0 Å². The second-order valence-electron chi connectivity index (χ2n) is 3.21. The maximum atomic E-state index is 13.3. The number of thiazole rings is 1. The van der Waals surface area contributed by atoms with E-state index in [0.29, 0.717) is 12.1 Å². The number of anilines is 2. The average Bonchev–Trinajstić information content (AvgIpc) is 2.74. The summed E-state index contributed by atoms with van der Waals surface area (Å²) in [5.41, 5.74) is 0.564. The number of carboxylic acid groups (broad SMARTS) is 1. The van der Waals surface area contributed by atoms with Gasteiger partial charge in [0.15, 0.2) is 17.3 Å². The number of carbonyl (C=O) groups is 1. The molecule has 1 aromatic heterocycles. The second-order valence-corrected chi connectivity index (χ2v) is 4.06. The number of aromatic carboxylic acids is 1. The zero-order chi connectivity index (χ0) is 13.3. The van der Waals surface area contributed by atoms with Crippen molar-refractivity contribution in [1.82, 2.24) is 4.98 Å². The Morgan fingerprint density at radius 3 is 2.56 bits per heavy atom. The molecule has 0 fully saturated rings. The number of benzene rings is 1. The highest BCUT2D eigenvalue weighted by Crippen LogP contribution is 2.27. The van der Waals surface area contributed by atoms with Crippen molar-refractivity contribution in [2.24, 2.45) is 0 Å². The van der Waals surface area contributed by atoms with Crippen molar-refractivity contribution in [3.63, 3.8) is 0 Å². The van der Waals surface area contributed by atoms with E-state index < -0.39 is 23.4 Å². The molecule has 0 spiro atoms. The van der Waals surface area contributed by atoms with Crippen LogP contribution >= 0.6 is 11.3 Å². The highest BCUT2D eigenvalue weighted by atomic mass is 32.1. The molecule has 0 unspecified atom stereocenters. The summed E-state index contributed by atoms with van der Waals surface area (Å²) in [6.07, 6.45) is 0. The quantitative estimate of drug-likeness (QED) is 0.844. The standard InChI is InChI=1S/C10H5F3N2O2S/c11-4-1-6(13)7(2-5(4)12)15-9-8(10(16)17)14-3-18-9/h1-3,15H,(H,16,17). The third-order valence-electron chi connectivity index (χ3n) is 2.03. The predicted molar refractivity (Wildman–Crippen MR) is 58.7 cm³/mol. The van der Waals surface area contributed by atoms with E-state index in [9.17, 15) is 18.0 Å². The molecule has 2 aromatic rings. The Labute approximate surface area is 103 Å². The molecule has 0 atom stereocenters. The van der Waals surface area contributed by atoms with Gasteiger partial charge in [-0.2, -0.15) is 0 Å². The van der Waals surface area contributed by atoms with Gasteiger partial charge >= 0.3 is 5.97 Å². The summed E-state index contributed by atoms with van der Waals surface area (Å²) in [5.74, 6) is -4.89. The molecule has 94 valence electrons. The molecule has 0 aliphatic carbocycles. The number of carboxylic acids is 1. The van der Waals surface area contributed by atoms with Crippen LogP contribution in [0.4, 0.5) is 23.9 Å². The first-order valence-corrected chi connectivity index (χ1v) is 5.45. The van der Waals surface area contributed by atoms with Gasteiger partial charge in [-0.15, -0.1) is 11.3 Å². The number of aromatic nitrogens is 1. The molecule has 0 aliphatic rings. The average molecular weight is 274 g/mol. The van der Waals surface area contributed by atoms with Crippen LogP contribution in [0, 0.1) is 17.5 Å². The Morgan fingerprint density at radius 2 is 1.89 bits per heavy atom. The summed E-state index contributed by atoms with van der Waals surface area (Å²) in [4.78, 5) is 14.3. The van der Waals surface area contributed by atoms with E-state index >= 15 is 0 Å². The van der Waals surface area contributed by atoms with Crippen LogP contribution in [0.3, 0.4) is 0 Å². The van der Waals surface area contributed by atoms with Gasteiger partial charge in [-0.1, -0.05) is 0 Å². The highest BCUT2D eigenvalue weighted by molar-refractivity contribution is 7.14. The highest BCUT2D eigenvalue weighted by Gasteiger charge is 2.16. The molecule has 1 aromatic carbocycles. The van der Waals surface area contributed by atoms with Gasteiger partial charge in [-0.3, -0.25) is 0 Å². The van der Waals surface area contributed by atoms with Gasteiger partial charge in [0.25, 0.3) is 0 Å². The number of rotatable bonds is 3. The molecule has 18 heavy (non-hydrogen) atoms. The molecular weight excluding hydrogens is 269 g/mol. The van der Waals surface area contributed by atoms with Crippen molar-refractivity contribution in [2.45, 2.75) is 0 Å². The van der Waals surface area contributed by atoms with Gasteiger partial charge in [-0.25, -0.2) is 22.9 Å². The van der Waals surface area contributed by atoms with Crippen LogP contribution in [0.25, 0.3) is 0 Å². The molecule has 8 heteroatoms. The van der Waals surface area contributed by atoms with Crippen LogP contribution in [0.2, 0.25) is 0 Å². The zero-order valence-corrected chi connectivity index (χ0v) is 9.39. The summed E-state index contributed by atoms with van der Waals surface area (Å²) in [5, 5.41) is 11.2. The molecule has 0 amide bonds. The lowest BCUT2D eigenvalue weighted by Crippen LogP contribution is -2.02. The molecule has 0 saturated carbocycles. The Kier molecular flexibility index (Phi) is 3.19. The predicted octanol–water partition coefficient (Wildman–Crippen LogP) is 3.00. The fraction of sp³-hybridized carbons (Fsp3) is 0. The van der Waals surface area contributed by atoms with Gasteiger partial charge in [0.1, 0.15) is 10.8 Å². The van der Waals surface area contributed by atoms with Crippen LogP contribution < -0.4 is 5.32 Å². The second kappa shape index (κ2) is 4.65. The first-order chi connectivity index (χ1) is 8.49.